The van der Waals surface area contributed by atoms with Gasteiger partial charge >= 0.3 is 5.97 Å². The average molecular weight is 326 g/mol. The van der Waals surface area contributed by atoms with Crippen molar-refractivity contribution in [1.82, 2.24) is 0 Å². The van der Waals surface area contributed by atoms with Crippen LogP contribution >= 0.6 is 0 Å². The molecule has 2 aromatic carbocycles. The number of ether oxygens (including phenoxy) is 1. The first-order valence-electron chi connectivity index (χ1n) is 7.99. The fourth-order valence-electron chi connectivity index (χ4n) is 2.89. The standard InChI is InChI=1S/C20H22O4/c1-24-19(18(21)14-20(22)23)13-12-17(15-8-4-2-5-9-15)16-10-6-3-7-11-16/h2-11,17,19H,12-14H2,1H3,(H,22,23). The molecule has 126 valence electrons. The highest BCUT2D eigenvalue weighted by atomic mass is 16.5. The van der Waals surface area contributed by atoms with Crippen LogP contribution in [0.2, 0.25) is 0 Å². The molecule has 4 heteroatoms. The van der Waals surface area contributed by atoms with Crippen LogP contribution < -0.4 is 0 Å². The molecule has 1 atom stereocenters. The van der Waals surface area contributed by atoms with Gasteiger partial charge in [0.2, 0.25) is 0 Å². The van der Waals surface area contributed by atoms with E-state index in [1.165, 1.54) is 18.2 Å². The van der Waals surface area contributed by atoms with E-state index in [1.54, 1.807) is 0 Å². The molecule has 0 aliphatic carbocycles. The van der Waals surface area contributed by atoms with E-state index in [0.29, 0.717) is 12.8 Å². The van der Waals surface area contributed by atoms with Gasteiger partial charge in [-0.3, -0.25) is 9.59 Å². The SMILES string of the molecule is COC(CCC(c1ccccc1)c1ccccc1)C(=O)CC(=O)O. The number of methoxy groups -OCH3 is 1. The van der Waals surface area contributed by atoms with Crippen LogP contribution in [0.25, 0.3) is 0 Å². The topological polar surface area (TPSA) is 63.6 Å². The summed E-state index contributed by atoms with van der Waals surface area (Å²) in [6.45, 7) is 0. The molecule has 0 heterocycles. The number of rotatable bonds is 9. The van der Waals surface area contributed by atoms with Gasteiger partial charge in [-0.1, -0.05) is 60.7 Å². The number of carbonyl (C=O) groups is 2. The Morgan fingerprint density at radius 1 is 0.917 bits per heavy atom. The maximum Gasteiger partial charge on any atom is 0.310 e. The zero-order valence-corrected chi connectivity index (χ0v) is 13.7. The molecule has 0 saturated carbocycles. The number of hydrogen-bond donors (Lipinski definition) is 1. The largest absolute Gasteiger partial charge is 0.481 e. The maximum absolute atomic E-state index is 12.0. The summed E-state index contributed by atoms with van der Waals surface area (Å²) in [6, 6.07) is 20.2. The molecule has 0 aliphatic rings. The van der Waals surface area contributed by atoms with E-state index in [1.807, 2.05) is 36.4 Å². The van der Waals surface area contributed by atoms with Crippen LogP contribution in [-0.4, -0.2) is 30.1 Å². The number of aliphatic carboxylic acids is 1. The van der Waals surface area contributed by atoms with Crippen LogP contribution in [0.3, 0.4) is 0 Å². The second-order valence-corrected chi connectivity index (χ2v) is 5.71. The molecule has 4 nitrogen and oxygen atoms in total. The summed E-state index contributed by atoms with van der Waals surface area (Å²) in [6.07, 6.45) is 0.00506. The predicted molar refractivity (Wildman–Crippen MR) is 92.0 cm³/mol. The Bertz CT molecular complexity index is 612. The van der Waals surface area contributed by atoms with Gasteiger partial charge in [0.25, 0.3) is 0 Å². The average Bonchev–Trinajstić information content (AvgIpc) is 2.59. The Morgan fingerprint density at radius 3 is 1.83 bits per heavy atom. The second-order valence-electron chi connectivity index (χ2n) is 5.71. The number of Topliss-reactive ketones (excluding diaryl/α,β-unsaturated/α-hetero) is 1. The van der Waals surface area contributed by atoms with Gasteiger partial charge in [0, 0.05) is 13.0 Å². The fourth-order valence-corrected chi connectivity index (χ4v) is 2.89. The van der Waals surface area contributed by atoms with Crippen molar-refractivity contribution < 1.29 is 19.4 Å². The molecule has 0 aliphatic heterocycles. The molecule has 2 aromatic rings. The van der Waals surface area contributed by atoms with Gasteiger partial charge in [-0.2, -0.15) is 0 Å². The van der Waals surface area contributed by atoms with Crippen molar-refractivity contribution in [1.29, 1.82) is 0 Å². The predicted octanol–water partition coefficient (Wildman–Crippen LogP) is 3.66. The third-order valence-corrected chi connectivity index (χ3v) is 4.09. The molecule has 2 rings (SSSR count). The lowest BCUT2D eigenvalue weighted by molar-refractivity contribution is -0.143. The maximum atomic E-state index is 12.0. The summed E-state index contributed by atoms with van der Waals surface area (Å²) >= 11 is 0. The Morgan fingerprint density at radius 2 is 1.42 bits per heavy atom. The van der Waals surface area contributed by atoms with Crippen molar-refractivity contribution in [3.05, 3.63) is 71.8 Å². The van der Waals surface area contributed by atoms with Crippen LogP contribution in [0, 0.1) is 0 Å². The van der Waals surface area contributed by atoms with Crippen LogP contribution in [0.1, 0.15) is 36.3 Å². The Hall–Kier alpha value is -2.46. The van der Waals surface area contributed by atoms with Crippen molar-refractivity contribution in [2.45, 2.75) is 31.3 Å². The van der Waals surface area contributed by atoms with Gasteiger partial charge in [0.05, 0.1) is 0 Å². The quantitative estimate of drug-likeness (QED) is 0.714. The molecular weight excluding hydrogens is 304 g/mol. The fraction of sp³-hybridized carbons (Fsp3) is 0.300. The lowest BCUT2D eigenvalue weighted by atomic mass is 9.86. The van der Waals surface area contributed by atoms with E-state index >= 15 is 0 Å². The summed E-state index contributed by atoms with van der Waals surface area (Å²) in [5.74, 6) is -1.36. The zero-order chi connectivity index (χ0) is 17.4. The highest BCUT2D eigenvalue weighted by Crippen LogP contribution is 2.30. The second kappa shape index (κ2) is 8.99. The van der Waals surface area contributed by atoms with Gasteiger partial charge in [0.15, 0.2) is 5.78 Å². The van der Waals surface area contributed by atoms with Crippen molar-refractivity contribution in [3.63, 3.8) is 0 Å². The molecule has 24 heavy (non-hydrogen) atoms. The Labute approximate surface area is 142 Å². The molecule has 0 spiro atoms. The molecule has 1 unspecified atom stereocenters. The zero-order valence-electron chi connectivity index (χ0n) is 13.7. The van der Waals surface area contributed by atoms with Crippen molar-refractivity contribution >= 4 is 11.8 Å². The molecule has 0 radical (unpaired) electrons. The monoisotopic (exact) mass is 326 g/mol. The van der Waals surface area contributed by atoms with Crippen LogP contribution in [0.4, 0.5) is 0 Å². The highest BCUT2D eigenvalue weighted by Gasteiger charge is 2.23. The first-order chi connectivity index (χ1) is 11.6. The first-order valence-corrected chi connectivity index (χ1v) is 7.99. The smallest absolute Gasteiger partial charge is 0.310 e. The lowest BCUT2D eigenvalue weighted by Crippen LogP contribution is -2.26. The van der Waals surface area contributed by atoms with Crippen molar-refractivity contribution in [2.75, 3.05) is 7.11 Å². The van der Waals surface area contributed by atoms with Crippen LogP contribution in [-0.2, 0) is 14.3 Å². The van der Waals surface area contributed by atoms with E-state index in [9.17, 15) is 9.59 Å². The molecule has 0 bridgehead atoms. The van der Waals surface area contributed by atoms with Crippen LogP contribution in [0.15, 0.2) is 60.7 Å². The minimum atomic E-state index is -1.12. The van der Waals surface area contributed by atoms with Crippen LogP contribution in [0.5, 0.6) is 0 Å². The number of ketones is 1. The Kier molecular flexibility index (Phi) is 6.70. The summed E-state index contributed by atoms with van der Waals surface area (Å²) in [4.78, 5) is 22.7. The molecule has 0 amide bonds. The first kappa shape index (κ1) is 17.9. The number of carboxylic acids is 1. The lowest BCUT2D eigenvalue weighted by Gasteiger charge is -2.21. The van der Waals surface area contributed by atoms with E-state index in [2.05, 4.69) is 24.3 Å². The summed E-state index contributed by atoms with van der Waals surface area (Å²) in [5, 5.41) is 8.79. The molecule has 0 aromatic heterocycles. The number of benzene rings is 2. The van der Waals surface area contributed by atoms with E-state index in [-0.39, 0.29) is 11.7 Å². The Balaban J connectivity index is 2.14. The minimum absolute atomic E-state index is 0.141. The molecule has 0 fully saturated rings. The number of carboxylic acid groups (broad SMARTS) is 1. The van der Waals surface area contributed by atoms with Crippen molar-refractivity contribution in [3.8, 4) is 0 Å². The van der Waals surface area contributed by atoms with Gasteiger partial charge in [0.1, 0.15) is 12.5 Å². The summed E-state index contributed by atoms with van der Waals surface area (Å²) in [7, 11) is 1.45. The molecule has 1 N–H and O–H groups in total. The summed E-state index contributed by atoms with van der Waals surface area (Å²) < 4.78 is 5.22. The van der Waals surface area contributed by atoms with Gasteiger partial charge in [-0.05, 0) is 24.0 Å². The number of carbonyl (C=O) groups excluding carboxylic acids is 1. The van der Waals surface area contributed by atoms with Gasteiger partial charge in [-0.15, -0.1) is 0 Å². The van der Waals surface area contributed by atoms with E-state index < -0.39 is 18.5 Å². The molecular formula is C20H22O4. The van der Waals surface area contributed by atoms with Gasteiger partial charge in [-0.25, -0.2) is 0 Å². The third kappa shape index (κ3) is 5.03. The van der Waals surface area contributed by atoms with E-state index in [4.69, 9.17) is 9.84 Å². The third-order valence-electron chi connectivity index (χ3n) is 4.09. The van der Waals surface area contributed by atoms with Gasteiger partial charge < -0.3 is 9.84 Å². The van der Waals surface area contributed by atoms with Crippen molar-refractivity contribution in [2.24, 2.45) is 0 Å². The summed E-state index contributed by atoms with van der Waals surface area (Å²) in [5.41, 5.74) is 2.34. The van der Waals surface area contributed by atoms with E-state index in [0.717, 1.165) is 0 Å². The number of hydrogen-bond acceptors (Lipinski definition) is 3. The normalized spacial score (nSPS) is 12.1. The minimum Gasteiger partial charge on any atom is -0.481 e. The highest BCUT2D eigenvalue weighted by molar-refractivity contribution is 5.97. The molecule has 0 saturated heterocycles.